The summed E-state index contributed by atoms with van der Waals surface area (Å²) in [6, 6.07) is 10.3. The van der Waals surface area contributed by atoms with Crippen molar-refractivity contribution in [3.8, 4) is 11.1 Å². The maximum atomic E-state index is 12.7. The van der Waals surface area contributed by atoms with Gasteiger partial charge in [-0.15, -0.1) is 0 Å². The van der Waals surface area contributed by atoms with Crippen molar-refractivity contribution in [1.29, 1.82) is 0 Å². The number of carboxylic acids is 1. The molecular formula is C24H24ClF3N2O7S. The first-order valence-corrected chi connectivity index (χ1v) is 13.4. The lowest BCUT2D eigenvalue weighted by Crippen LogP contribution is -2.47. The number of carbonyl (C=O) groups excluding carboxylic acids is 1. The summed E-state index contributed by atoms with van der Waals surface area (Å²) in [5, 5.41) is 21.6. The Bertz CT molecular complexity index is 1400. The molecule has 0 saturated carbocycles. The van der Waals surface area contributed by atoms with Crippen LogP contribution < -0.4 is 10.0 Å². The number of benzene rings is 2. The molecule has 2 aromatic rings. The third kappa shape index (κ3) is 6.58. The molecule has 2 aliphatic heterocycles. The average molecular weight is 577 g/mol. The molecule has 0 bridgehead atoms. The van der Waals surface area contributed by atoms with Gasteiger partial charge in [-0.2, -0.15) is 13.2 Å². The number of carbonyl (C=O) groups is 2. The first kappa shape index (κ1) is 29.3. The van der Waals surface area contributed by atoms with Gasteiger partial charge in [0.15, 0.2) is 11.4 Å². The Morgan fingerprint density at radius 1 is 1.21 bits per heavy atom. The predicted molar refractivity (Wildman–Crippen MR) is 134 cm³/mol. The summed E-state index contributed by atoms with van der Waals surface area (Å²) in [7, 11) is -3.41. The quantitative estimate of drug-likeness (QED) is 0.395. The van der Waals surface area contributed by atoms with Crippen LogP contribution in [-0.4, -0.2) is 61.7 Å². The number of piperidine rings is 1. The Morgan fingerprint density at radius 2 is 1.87 bits per heavy atom. The molecule has 9 nitrogen and oxygen atoms in total. The molecule has 4 N–H and O–H groups in total. The first-order chi connectivity index (χ1) is 17.5. The molecule has 4 rings (SSSR count). The van der Waals surface area contributed by atoms with Gasteiger partial charge in [-0.25, -0.2) is 18.0 Å². The van der Waals surface area contributed by atoms with Crippen LogP contribution in [0.3, 0.4) is 0 Å². The minimum Gasteiger partial charge on any atom is -0.507 e. The number of rotatable bonds is 4. The Balaban J connectivity index is 0.000000505. The topological polar surface area (TPSA) is 142 Å². The van der Waals surface area contributed by atoms with Crippen molar-refractivity contribution in [2.45, 2.75) is 31.5 Å². The van der Waals surface area contributed by atoms with Gasteiger partial charge in [0.2, 0.25) is 10.0 Å². The molecule has 2 aromatic carbocycles. The van der Waals surface area contributed by atoms with Crippen LogP contribution in [0.25, 0.3) is 16.7 Å². The number of alkyl halides is 3. The summed E-state index contributed by atoms with van der Waals surface area (Å²) >= 11 is 6.57. The van der Waals surface area contributed by atoms with E-state index in [1.807, 2.05) is 19.1 Å². The lowest BCUT2D eigenvalue weighted by molar-refractivity contribution is -0.192. The molecule has 38 heavy (non-hydrogen) atoms. The highest BCUT2D eigenvalue weighted by atomic mass is 35.5. The zero-order valence-corrected chi connectivity index (χ0v) is 21.7. The van der Waals surface area contributed by atoms with Gasteiger partial charge in [0.05, 0.1) is 6.26 Å². The summed E-state index contributed by atoms with van der Waals surface area (Å²) in [5.41, 5.74) is 2.19. The normalized spacial score (nSPS) is 19.6. The number of hydrogen-bond acceptors (Lipinski definition) is 7. The van der Waals surface area contributed by atoms with Gasteiger partial charge in [0.1, 0.15) is 5.57 Å². The number of aliphatic carboxylic acids is 1. The molecule has 1 unspecified atom stereocenters. The molecule has 0 aliphatic carbocycles. The van der Waals surface area contributed by atoms with Crippen LogP contribution in [0.5, 0.6) is 0 Å². The van der Waals surface area contributed by atoms with E-state index in [-0.39, 0.29) is 11.3 Å². The molecule has 2 heterocycles. The monoisotopic (exact) mass is 576 g/mol. The molecule has 1 atom stereocenters. The van der Waals surface area contributed by atoms with Gasteiger partial charge in [0.25, 0.3) is 0 Å². The number of esters is 1. The number of ether oxygens (including phenoxy) is 1. The van der Waals surface area contributed by atoms with Crippen molar-refractivity contribution in [3.63, 3.8) is 0 Å². The van der Waals surface area contributed by atoms with E-state index >= 15 is 0 Å². The third-order valence-electron chi connectivity index (χ3n) is 5.81. The summed E-state index contributed by atoms with van der Waals surface area (Å²) in [6.45, 7) is 3.01. The van der Waals surface area contributed by atoms with Gasteiger partial charge >= 0.3 is 18.1 Å². The average Bonchev–Trinajstić information content (AvgIpc) is 3.03. The number of sulfonamides is 1. The first-order valence-electron chi connectivity index (χ1n) is 11.1. The number of halogens is 4. The van der Waals surface area contributed by atoms with E-state index < -0.39 is 33.7 Å². The summed E-state index contributed by atoms with van der Waals surface area (Å²) < 4.78 is 62.9. The van der Waals surface area contributed by atoms with E-state index in [1.165, 1.54) is 0 Å². The molecule has 2 aliphatic rings. The van der Waals surface area contributed by atoms with E-state index in [0.717, 1.165) is 24.8 Å². The van der Waals surface area contributed by atoms with Crippen molar-refractivity contribution >= 4 is 44.8 Å². The predicted octanol–water partition coefficient (Wildman–Crippen LogP) is 4.27. The van der Waals surface area contributed by atoms with Gasteiger partial charge in [-0.1, -0.05) is 23.7 Å². The number of aryl methyl sites for hydroxylation is 1. The van der Waals surface area contributed by atoms with Crippen LogP contribution >= 0.6 is 11.6 Å². The SMILES string of the molecule is Cc1cc(-c2cccc(NS(C)(=O)=O)c2)c(Cl)cc1C1=C(O)C2(CCCNC2)OC1=O.O=C(O)C(F)(F)F. The highest BCUT2D eigenvalue weighted by molar-refractivity contribution is 7.92. The van der Waals surface area contributed by atoms with Crippen LogP contribution in [0, 0.1) is 6.92 Å². The minimum absolute atomic E-state index is 0.0593. The van der Waals surface area contributed by atoms with Crippen molar-refractivity contribution in [3.05, 3.63) is 58.3 Å². The highest BCUT2D eigenvalue weighted by Crippen LogP contribution is 2.43. The van der Waals surface area contributed by atoms with Gasteiger partial charge in [-0.3, -0.25) is 4.72 Å². The fraction of sp³-hybridized carbons (Fsp3) is 0.333. The summed E-state index contributed by atoms with van der Waals surface area (Å²) in [6.07, 6.45) is -2.64. The second-order valence-corrected chi connectivity index (χ2v) is 10.9. The molecule has 1 saturated heterocycles. The Hall–Kier alpha value is -3.29. The molecule has 1 spiro atoms. The minimum atomic E-state index is -5.08. The van der Waals surface area contributed by atoms with E-state index in [1.54, 1.807) is 24.3 Å². The van der Waals surface area contributed by atoms with E-state index in [0.29, 0.717) is 40.4 Å². The van der Waals surface area contributed by atoms with Gasteiger partial charge in [0, 0.05) is 22.8 Å². The molecule has 0 aromatic heterocycles. The lowest BCUT2D eigenvalue weighted by Gasteiger charge is -2.32. The maximum absolute atomic E-state index is 12.7. The molecule has 1 fully saturated rings. The van der Waals surface area contributed by atoms with Crippen molar-refractivity contribution in [1.82, 2.24) is 5.32 Å². The zero-order chi connectivity index (χ0) is 28.5. The number of carboxylic acid groups (broad SMARTS) is 1. The zero-order valence-electron chi connectivity index (χ0n) is 20.1. The number of anilines is 1. The lowest BCUT2D eigenvalue weighted by atomic mass is 9.88. The number of nitrogens with one attached hydrogen (secondary N) is 2. The van der Waals surface area contributed by atoms with Crippen molar-refractivity contribution in [2.24, 2.45) is 0 Å². The molecular weight excluding hydrogens is 553 g/mol. The summed E-state index contributed by atoms with van der Waals surface area (Å²) in [4.78, 5) is 21.6. The smallest absolute Gasteiger partial charge is 0.490 e. The molecule has 206 valence electrons. The molecule has 0 radical (unpaired) electrons. The fourth-order valence-electron chi connectivity index (χ4n) is 4.14. The van der Waals surface area contributed by atoms with Crippen LogP contribution in [0.1, 0.15) is 24.0 Å². The van der Waals surface area contributed by atoms with Crippen LogP contribution in [-0.2, 0) is 24.3 Å². The van der Waals surface area contributed by atoms with Crippen LogP contribution in [0.4, 0.5) is 18.9 Å². The summed E-state index contributed by atoms with van der Waals surface area (Å²) in [5.74, 6) is -3.38. The number of hydrogen-bond donors (Lipinski definition) is 4. The fourth-order valence-corrected chi connectivity index (χ4v) is 4.97. The van der Waals surface area contributed by atoms with Crippen LogP contribution in [0.15, 0.2) is 42.2 Å². The number of aliphatic hydroxyl groups excluding tert-OH is 1. The second-order valence-electron chi connectivity index (χ2n) is 8.79. The standard InChI is InChI=1S/C22H23ClN2O5S.C2HF3O2/c1-13-9-17(14-5-3-6-15(10-14)25-31(2,28)29)18(23)11-16(13)19-20(26)22(30-21(19)27)7-4-8-24-12-22;3-2(4,5)1(6)7/h3,5-6,9-11,24-26H,4,7-8,12H2,1-2H3;(H,6,7). The van der Waals surface area contributed by atoms with Gasteiger partial charge < -0.3 is 20.3 Å². The molecule has 14 heteroatoms. The largest absolute Gasteiger partial charge is 0.507 e. The van der Waals surface area contributed by atoms with Crippen molar-refractivity contribution in [2.75, 3.05) is 24.1 Å². The van der Waals surface area contributed by atoms with E-state index in [2.05, 4.69) is 10.0 Å². The van der Waals surface area contributed by atoms with Gasteiger partial charge in [-0.05, 0) is 67.3 Å². The highest BCUT2D eigenvalue weighted by Gasteiger charge is 2.49. The second kappa shape index (κ2) is 10.8. The Morgan fingerprint density at radius 3 is 2.42 bits per heavy atom. The van der Waals surface area contributed by atoms with E-state index in [9.17, 15) is 31.5 Å². The Kier molecular flexibility index (Phi) is 8.34. The third-order valence-corrected chi connectivity index (χ3v) is 6.73. The van der Waals surface area contributed by atoms with Crippen molar-refractivity contribution < 1.29 is 46.1 Å². The number of aliphatic hydroxyl groups is 1. The molecule has 0 amide bonds. The van der Waals surface area contributed by atoms with E-state index in [4.69, 9.17) is 26.2 Å². The maximum Gasteiger partial charge on any atom is 0.490 e. The van der Waals surface area contributed by atoms with Crippen LogP contribution in [0.2, 0.25) is 5.02 Å². The Labute approximate surface area is 221 Å².